The number of pyridine rings is 1. The first kappa shape index (κ1) is 15.6. The van der Waals surface area contributed by atoms with Crippen LogP contribution in [0.25, 0.3) is 6.08 Å². The average molecular weight is 345 g/mol. The number of benzene rings is 1. The molecule has 0 fully saturated rings. The molecule has 1 aromatic heterocycles. The van der Waals surface area contributed by atoms with Gasteiger partial charge in [-0.3, -0.25) is 0 Å². The SMILES string of the molecule is O=C(O)/C=C/c1ccc(Oc2cc(Cl)c(Cl)cc2Cl)nc1. The van der Waals surface area contributed by atoms with Crippen LogP contribution in [0, 0.1) is 0 Å². The van der Waals surface area contributed by atoms with E-state index in [-0.39, 0.29) is 0 Å². The average Bonchev–Trinajstić information content (AvgIpc) is 2.44. The number of hydrogen-bond acceptors (Lipinski definition) is 3. The van der Waals surface area contributed by atoms with Crippen LogP contribution in [0.1, 0.15) is 5.56 Å². The van der Waals surface area contributed by atoms with Gasteiger partial charge < -0.3 is 9.84 Å². The Labute approximate surface area is 135 Å². The van der Waals surface area contributed by atoms with E-state index in [4.69, 9.17) is 44.6 Å². The van der Waals surface area contributed by atoms with E-state index >= 15 is 0 Å². The number of carboxylic acids is 1. The van der Waals surface area contributed by atoms with Gasteiger partial charge in [-0.05, 0) is 23.8 Å². The molecule has 0 bridgehead atoms. The van der Waals surface area contributed by atoms with E-state index in [1.54, 1.807) is 12.1 Å². The Hall–Kier alpha value is -1.75. The molecule has 0 spiro atoms. The van der Waals surface area contributed by atoms with Crippen LogP contribution < -0.4 is 4.74 Å². The van der Waals surface area contributed by atoms with Crippen LogP contribution in [0.15, 0.2) is 36.5 Å². The fraction of sp³-hybridized carbons (Fsp3) is 0. The molecule has 108 valence electrons. The molecule has 0 aliphatic rings. The second kappa shape index (κ2) is 6.80. The molecule has 1 heterocycles. The Morgan fingerprint density at radius 1 is 1.14 bits per heavy atom. The topological polar surface area (TPSA) is 59.4 Å². The van der Waals surface area contributed by atoms with Crippen LogP contribution in [0.4, 0.5) is 0 Å². The molecule has 2 rings (SSSR count). The Morgan fingerprint density at radius 2 is 1.86 bits per heavy atom. The van der Waals surface area contributed by atoms with Crippen molar-refractivity contribution in [3.8, 4) is 11.6 Å². The van der Waals surface area contributed by atoms with Crippen molar-refractivity contribution in [1.82, 2.24) is 4.98 Å². The molecule has 1 N–H and O–H groups in total. The van der Waals surface area contributed by atoms with Crippen molar-refractivity contribution < 1.29 is 14.6 Å². The summed E-state index contributed by atoms with van der Waals surface area (Å²) in [6.07, 6.45) is 3.92. The highest BCUT2D eigenvalue weighted by Gasteiger charge is 2.08. The zero-order chi connectivity index (χ0) is 15.4. The second-order valence-corrected chi connectivity index (χ2v) is 5.12. The van der Waals surface area contributed by atoms with Crippen molar-refractivity contribution in [1.29, 1.82) is 0 Å². The number of aromatic nitrogens is 1. The summed E-state index contributed by atoms with van der Waals surface area (Å²) in [5.41, 5.74) is 0.630. The van der Waals surface area contributed by atoms with Gasteiger partial charge in [0.05, 0.1) is 15.1 Å². The number of carbonyl (C=O) groups is 1. The third-order valence-electron chi connectivity index (χ3n) is 2.37. The first-order chi connectivity index (χ1) is 9.95. The lowest BCUT2D eigenvalue weighted by atomic mass is 10.2. The molecular formula is C14H8Cl3NO3. The number of carboxylic acid groups (broad SMARTS) is 1. The first-order valence-corrected chi connectivity index (χ1v) is 6.78. The molecule has 4 nitrogen and oxygen atoms in total. The van der Waals surface area contributed by atoms with Gasteiger partial charge >= 0.3 is 5.97 Å². The van der Waals surface area contributed by atoms with Gasteiger partial charge in [0.15, 0.2) is 0 Å². The van der Waals surface area contributed by atoms with Crippen LogP contribution in [0.2, 0.25) is 15.1 Å². The maximum Gasteiger partial charge on any atom is 0.328 e. The predicted octanol–water partition coefficient (Wildman–Crippen LogP) is 4.93. The summed E-state index contributed by atoms with van der Waals surface area (Å²) < 4.78 is 5.50. The summed E-state index contributed by atoms with van der Waals surface area (Å²) >= 11 is 17.7. The minimum absolute atomic E-state index is 0.294. The third-order valence-corrected chi connectivity index (χ3v) is 3.38. The Kier molecular flexibility index (Phi) is 5.07. The number of rotatable bonds is 4. The van der Waals surface area contributed by atoms with Gasteiger partial charge in [0.2, 0.25) is 5.88 Å². The molecule has 0 aliphatic heterocycles. The molecule has 0 aliphatic carbocycles. The fourth-order valence-corrected chi connectivity index (χ4v) is 1.99. The number of halogens is 3. The highest BCUT2D eigenvalue weighted by Crippen LogP contribution is 2.35. The summed E-state index contributed by atoms with van der Waals surface area (Å²) in [6, 6.07) is 6.21. The lowest BCUT2D eigenvalue weighted by molar-refractivity contribution is -0.131. The fourth-order valence-electron chi connectivity index (χ4n) is 1.41. The van der Waals surface area contributed by atoms with Crippen LogP contribution in [0.3, 0.4) is 0 Å². The molecule has 7 heteroatoms. The zero-order valence-corrected chi connectivity index (χ0v) is 12.7. The van der Waals surface area contributed by atoms with E-state index in [0.29, 0.717) is 32.3 Å². The highest BCUT2D eigenvalue weighted by molar-refractivity contribution is 6.43. The van der Waals surface area contributed by atoms with E-state index in [9.17, 15) is 4.79 Å². The normalized spacial score (nSPS) is 10.8. The van der Waals surface area contributed by atoms with Gasteiger partial charge in [-0.25, -0.2) is 9.78 Å². The van der Waals surface area contributed by atoms with Gasteiger partial charge in [-0.15, -0.1) is 0 Å². The zero-order valence-electron chi connectivity index (χ0n) is 10.4. The van der Waals surface area contributed by atoms with E-state index in [1.165, 1.54) is 24.4 Å². The van der Waals surface area contributed by atoms with Crippen molar-refractivity contribution in [2.75, 3.05) is 0 Å². The predicted molar refractivity (Wildman–Crippen MR) is 82.5 cm³/mol. The molecule has 21 heavy (non-hydrogen) atoms. The van der Waals surface area contributed by atoms with Crippen LogP contribution >= 0.6 is 34.8 Å². The number of hydrogen-bond donors (Lipinski definition) is 1. The maximum absolute atomic E-state index is 10.4. The van der Waals surface area contributed by atoms with Gasteiger partial charge in [-0.1, -0.05) is 34.8 Å². The lowest BCUT2D eigenvalue weighted by Crippen LogP contribution is -1.90. The molecule has 0 unspecified atom stereocenters. The molecule has 2 aromatic rings. The number of aliphatic carboxylic acids is 1. The maximum atomic E-state index is 10.4. The molecule has 0 atom stereocenters. The first-order valence-electron chi connectivity index (χ1n) is 5.65. The van der Waals surface area contributed by atoms with E-state index in [1.807, 2.05) is 0 Å². The van der Waals surface area contributed by atoms with Crippen LogP contribution in [-0.4, -0.2) is 16.1 Å². The van der Waals surface area contributed by atoms with Gasteiger partial charge in [0.25, 0.3) is 0 Å². The molecule has 0 saturated carbocycles. The monoisotopic (exact) mass is 343 g/mol. The van der Waals surface area contributed by atoms with Crippen molar-refractivity contribution in [2.24, 2.45) is 0 Å². The van der Waals surface area contributed by atoms with E-state index in [2.05, 4.69) is 4.98 Å². The minimum Gasteiger partial charge on any atom is -0.478 e. The van der Waals surface area contributed by atoms with Crippen LogP contribution in [0.5, 0.6) is 11.6 Å². The second-order valence-electron chi connectivity index (χ2n) is 3.90. The molecule has 0 amide bonds. The third kappa shape index (κ3) is 4.36. The summed E-state index contributed by atoms with van der Waals surface area (Å²) in [4.78, 5) is 14.5. The van der Waals surface area contributed by atoms with E-state index < -0.39 is 5.97 Å². The van der Waals surface area contributed by atoms with Crippen molar-refractivity contribution in [3.63, 3.8) is 0 Å². The van der Waals surface area contributed by atoms with Gasteiger partial charge in [0.1, 0.15) is 5.75 Å². The Bertz CT molecular complexity index is 699. The lowest BCUT2D eigenvalue weighted by Gasteiger charge is -2.08. The quantitative estimate of drug-likeness (QED) is 0.631. The molecular weight excluding hydrogens is 337 g/mol. The van der Waals surface area contributed by atoms with Crippen molar-refractivity contribution >= 4 is 46.8 Å². The standard InChI is InChI=1S/C14H8Cl3NO3/c15-9-5-11(17)12(6-10(9)16)21-13-3-1-8(7-18-13)2-4-14(19)20/h1-7H,(H,19,20)/b4-2+. The summed E-state index contributed by atoms with van der Waals surface area (Å²) in [7, 11) is 0. The summed E-state index contributed by atoms with van der Waals surface area (Å²) in [5.74, 6) is -0.409. The van der Waals surface area contributed by atoms with Crippen molar-refractivity contribution in [2.45, 2.75) is 0 Å². The van der Waals surface area contributed by atoms with Gasteiger partial charge in [-0.2, -0.15) is 0 Å². The smallest absolute Gasteiger partial charge is 0.328 e. The molecule has 1 aromatic carbocycles. The summed E-state index contributed by atoms with van der Waals surface area (Å²) in [5, 5.41) is 9.49. The van der Waals surface area contributed by atoms with Crippen LogP contribution in [-0.2, 0) is 4.79 Å². The summed E-state index contributed by atoms with van der Waals surface area (Å²) in [6.45, 7) is 0. The Balaban J connectivity index is 2.17. The van der Waals surface area contributed by atoms with Gasteiger partial charge in [0, 0.05) is 24.4 Å². The molecule has 0 radical (unpaired) electrons. The largest absolute Gasteiger partial charge is 0.478 e. The van der Waals surface area contributed by atoms with E-state index in [0.717, 1.165) is 6.08 Å². The minimum atomic E-state index is -1.03. The molecule has 0 saturated heterocycles. The number of ether oxygens (including phenoxy) is 1. The van der Waals surface area contributed by atoms with Crippen molar-refractivity contribution in [3.05, 3.63) is 57.2 Å². The Morgan fingerprint density at radius 3 is 2.48 bits per heavy atom. The number of nitrogens with zero attached hydrogens (tertiary/aromatic N) is 1. The highest BCUT2D eigenvalue weighted by atomic mass is 35.5.